The quantitative estimate of drug-likeness (QED) is 0.387. The molecule has 3 aromatic heterocycles. The number of amides is 1. The molecule has 10 heteroatoms. The summed E-state index contributed by atoms with van der Waals surface area (Å²) in [5.74, 6) is 1.96. The Bertz CT molecular complexity index is 1610. The summed E-state index contributed by atoms with van der Waals surface area (Å²) in [6.45, 7) is 0.163. The van der Waals surface area contributed by atoms with Gasteiger partial charge in [0.25, 0.3) is 11.5 Å². The molecule has 166 valence electrons. The lowest BCUT2D eigenvalue weighted by atomic mass is 10.0. The number of nitrogens with one attached hydrogen (secondary N) is 2. The molecule has 4 N–H and O–H groups in total. The van der Waals surface area contributed by atoms with E-state index in [1.54, 1.807) is 47.0 Å². The van der Waals surface area contributed by atoms with Crippen molar-refractivity contribution < 1.29 is 13.2 Å². The predicted octanol–water partition coefficient (Wildman–Crippen LogP) is 1.69. The number of hydrogen-bond donors (Lipinski definition) is 3. The fourth-order valence-corrected chi connectivity index (χ4v) is 4.16. The number of pyridine rings is 2. The molecular weight excluding hydrogens is 442 g/mol. The van der Waals surface area contributed by atoms with E-state index in [0.717, 1.165) is 11.8 Å². The molecule has 0 spiro atoms. The smallest absolute Gasteiger partial charge is 0.282 e. The highest BCUT2D eigenvalue weighted by Crippen LogP contribution is 2.35. The molecule has 4 aromatic rings. The summed E-state index contributed by atoms with van der Waals surface area (Å²) in [6, 6.07) is 11.7. The van der Waals surface area contributed by atoms with Crippen LogP contribution in [0.25, 0.3) is 22.0 Å². The summed E-state index contributed by atoms with van der Waals surface area (Å²) in [6.07, 6.45) is 9.47. The first-order chi connectivity index (χ1) is 15.7. The van der Waals surface area contributed by atoms with E-state index >= 15 is 0 Å². The molecule has 1 aromatic carbocycles. The molecule has 0 saturated carbocycles. The third kappa shape index (κ3) is 4.35. The molecule has 0 bridgehead atoms. The van der Waals surface area contributed by atoms with Gasteiger partial charge in [0, 0.05) is 46.5 Å². The summed E-state index contributed by atoms with van der Waals surface area (Å²) in [5.41, 5.74) is 7.69. The van der Waals surface area contributed by atoms with Crippen molar-refractivity contribution in [3.8, 4) is 23.5 Å². The molecule has 3 heterocycles. The van der Waals surface area contributed by atoms with Crippen LogP contribution in [-0.4, -0.2) is 35.1 Å². The Balaban J connectivity index is 2.11. The Morgan fingerprint density at radius 3 is 2.73 bits per heavy atom. The van der Waals surface area contributed by atoms with Crippen molar-refractivity contribution in [3.05, 3.63) is 82.0 Å². The second kappa shape index (κ2) is 8.29. The molecule has 0 aliphatic carbocycles. The van der Waals surface area contributed by atoms with Gasteiger partial charge in [0.2, 0.25) is 10.0 Å². The normalized spacial score (nSPS) is 11.3. The van der Waals surface area contributed by atoms with E-state index in [-0.39, 0.29) is 23.4 Å². The first-order valence-electron chi connectivity index (χ1n) is 9.71. The van der Waals surface area contributed by atoms with E-state index < -0.39 is 21.5 Å². The van der Waals surface area contributed by atoms with Gasteiger partial charge in [0.15, 0.2) is 0 Å². The van der Waals surface area contributed by atoms with Crippen LogP contribution in [0, 0.1) is 12.3 Å². The lowest BCUT2D eigenvalue weighted by Crippen LogP contribution is -2.31. The van der Waals surface area contributed by atoms with Gasteiger partial charge in [0.1, 0.15) is 11.5 Å². The topological polar surface area (TPSA) is 140 Å². The highest BCUT2D eigenvalue weighted by Gasteiger charge is 2.27. The number of carbonyl (C=O) groups is 1. The van der Waals surface area contributed by atoms with Gasteiger partial charge in [-0.05, 0) is 48.0 Å². The average molecular weight is 462 g/mol. The number of nitrogen functional groups attached to an aromatic ring is 1. The molecule has 0 saturated heterocycles. The van der Waals surface area contributed by atoms with Gasteiger partial charge in [-0.25, -0.2) is 18.1 Å². The molecule has 9 nitrogen and oxygen atoms in total. The lowest BCUT2D eigenvalue weighted by molar-refractivity contribution is 0.0974. The highest BCUT2D eigenvalue weighted by atomic mass is 32.2. The molecule has 0 unspecified atom stereocenters. The number of aromatic amines is 1. The van der Waals surface area contributed by atoms with Crippen LogP contribution in [0.1, 0.15) is 21.6 Å². The first-order valence-corrected chi connectivity index (χ1v) is 11.6. The minimum absolute atomic E-state index is 0.00307. The average Bonchev–Trinajstić information content (AvgIpc) is 3.06. The van der Waals surface area contributed by atoms with Crippen molar-refractivity contribution in [2.75, 3.05) is 12.0 Å². The maximum absolute atomic E-state index is 13.3. The molecular formula is C23H19N5O4S. The zero-order valence-electron chi connectivity index (χ0n) is 17.5. The summed E-state index contributed by atoms with van der Waals surface area (Å²) in [5, 5.41) is 0.530. The Hall–Kier alpha value is -4.36. The largest absolute Gasteiger partial charge is 0.384 e. The summed E-state index contributed by atoms with van der Waals surface area (Å²) < 4.78 is 27.4. The van der Waals surface area contributed by atoms with Crippen LogP contribution in [-0.2, 0) is 16.6 Å². The predicted molar refractivity (Wildman–Crippen MR) is 126 cm³/mol. The Morgan fingerprint density at radius 2 is 2.06 bits per heavy atom. The highest BCUT2D eigenvalue weighted by molar-refractivity contribution is 7.89. The maximum Gasteiger partial charge on any atom is 0.282 e. The van der Waals surface area contributed by atoms with Crippen LogP contribution in [0.5, 0.6) is 0 Å². The lowest BCUT2D eigenvalue weighted by Gasteiger charge is -2.12. The number of H-pyrrole nitrogens is 1. The van der Waals surface area contributed by atoms with E-state index in [9.17, 15) is 18.0 Å². The van der Waals surface area contributed by atoms with Crippen LogP contribution in [0.3, 0.4) is 0 Å². The SMILES string of the molecule is C#Cc1ccc2c(c1)c(-c1ccc[nH]c1=O)c(C(=O)NS(C)(=O)=O)n2Cc1ccnc(N)c1. The van der Waals surface area contributed by atoms with Gasteiger partial charge in [-0.1, -0.05) is 5.92 Å². The van der Waals surface area contributed by atoms with Crippen molar-refractivity contribution in [2.24, 2.45) is 0 Å². The number of benzene rings is 1. The van der Waals surface area contributed by atoms with E-state index in [4.69, 9.17) is 12.2 Å². The van der Waals surface area contributed by atoms with Crippen LogP contribution >= 0.6 is 0 Å². The molecule has 1 amide bonds. The van der Waals surface area contributed by atoms with Crippen LogP contribution in [0.4, 0.5) is 5.82 Å². The fraction of sp³-hybridized carbons (Fsp3) is 0.0870. The Labute approximate surface area is 189 Å². The van der Waals surface area contributed by atoms with Crippen molar-refractivity contribution >= 4 is 32.7 Å². The zero-order valence-corrected chi connectivity index (χ0v) is 18.3. The molecule has 4 rings (SSSR count). The number of nitrogens with zero attached hydrogens (tertiary/aromatic N) is 2. The standard InChI is InChI=1S/C23H19N5O4S/c1-3-14-6-7-18-17(11-14)20(16-5-4-9-26-22(16)29)21(23(30)27-33(2,31)32)28(18)13-15-8-10-25-19(24)12-15/h1,4-12H,13H2,2H3,(H2,24,25)(H,26,29)(H,27,30). The molecule has 0 aliphatic heterocycles. The minimum Gasteiger partial charge on any atom is -0.384 e. The van der Waals surface area contributed by atoms with Gasteiger partial charge in [0.05, 0.1) is 6.26 Å². The van der Waals surface area contributed by atoms with Gasteiger partial charge in [-0.2, -0.15) is 0 Å². The summed E-state index contributed by atoms with van der Waals surface area (Å²) in [4.78, 5) is 32.5. The number of terminal acetylenes is 1. The van der Waals surface area contributed by atoms with Crippen molar-refractivity contribution in [1.29, 1.82) is 0 Å². The van der Waals surface area contributed by atoms with E-state index in [0.29, 0.717) is 22.3 Å². The number of hydrogen-bond acceptors (Lipinski definition) is 6. The number of anilines is 1. The molecule has 0 aliphatic rings. The molecule has 0 fully saturated rings. The second-order valence-electron chi connectivity index (χ2n) is 7.39. The number of nitrogens with two attached hydrogens (primary N) is 1. The number of fused-ring (bicyclic) bond motifs is 1. The Morgan fingerprint density at radius 1 is 1.27 bits per heavy atom. The second-order valence-corrected chi connectivity index (χ2v) is 9.14. The Kier molecular flexibility index (Phi) is 5.49. The first kappa shape index (κ1) is 21.9. The van der Waals surface area contributed by atoms with Gasteiger partial charge < -0.3 is 15.3 Å². The summed E-state index contributed by atoms with van der Waals surface area (Å²) in [7, 11) is -3.89. The molecule has 0 atom stereocenters. The maximum atomic E-state index is 13.3. The minimum atomic E-state index is -3.89. The fourth-order valence-electron chi connectivity index (χ4n) is 3.73. The van der Waals surface area contributed by atoms with Gasteiger partial charge in [-0.3, -0.25) is 9.59 Å². The van der Waals surface area contributed by atoms with Gasteiger partial charge in [-0.15, -0.1) is 6.42 Å². The third-order valence-electron chi connectivity index (χ3n) is 5.00. The number of aromatic nitrogens is 3. The number of sulfonamides is 1. The number of rotatable bonds is 5. The van der Waals surface area contributed by atoms with E-state index in [2.05, 4.69) is 15.9 Å². The van der Waals surface area contributed by atoms with Crippen LogP contribution < -0.4 is 16.0 Å². The molecule has 0 radical (unpaired) electrons. The summed E-state index contributed by atoms with van der Waals surface area (Å²) >= 11 is 0. The molecule has 33 heavy (non-hydrogen) atoms. The van der Waals surface area contributed by atoms with E-state index in [1.807, 2.05) is 4.72 Å². The number of carbonyl (C=O) groups excluding carboxylic acids is 1. The van der Waals surface area contributed by atoms with Crippen molar-refractivity contribution in [2.45, 2.75) is 6.54 Å². The van der Waals surface area contributed by atoms with Gasteiger partial charge >= 0.3 is 0 Å². The zero-order chi connectivity index (χ0) is 23.8. The van der Waals surface area contributed by atoms with Crippen LogP contribution in [0.15, 0.2) is 59.7 Å². The van der Waals surface area contributed by atoms with Crippen molar-refractivity contribution in [3.63, 3.8) is 0 Å². The van der Waals surface area contributed by atoms with Crippen molar-refractivity contribution in [1.82, 2.24) is 19.3 Å². The monoisotopic (exact) mass is 461 g/mol. The van der Waals surface area contributed by atoms with E-state index in [1.165, 1.54) is 12.4 Å². The third-order valence-corrected chi connectivity index (χ3v) is 5.55. The van der Waals surface area contributed by atoms with Crippen LogP contribution in [0.2, 0.25) is 0 Å².